The molecule has 0 unspecified atom stereocenters. The Morgan fingerprint density at radius 2 is 2.32 bits per heavy atom. The SMILES string of the molecule is CCSc1ccc2nc(=O)n3nc(CO)[nH]c3c2c1. The second-order valence-corrected chi connectivity index (χ2v) is 5.33. The maximum Gasteiger partial charge on any atom is 0.370 e. The summed E-state index contributed by atoms with van der Waals surface area (Å²) in [5, 5.41) is 13.9. The molecule has 2 N–H and O–H groups in total. The lowest BCUT2D eigenvalue weighted by molar-refractivity contribution is 0.271. The Morgan fingerprint density at radius 3 is 3.05 bits per heavy atom. The number of fused-ring (bicyclic) bond motifs is 3. The zero-order valence-corrected chi connectivity index (χ0v) is 11.1. The quantitative estimate of drug-likeness (QED) is 0.702. The van der Waals surface area contributed by atoms with Crippen molar-refractivity contribution >= 4 is 28.3 Å². The maximum absolute atomic E-state index is 11.8. The van der Waals surface area contributed by atoms with Crippen molar-refractivity contribution < 1.29 is 5.11 Å². The van der Waals surface area contributed by atoms with Crippen LogP contribution in [-0.2, 0) is 6.61 Å². The number of nitrogens with zero attached hydrogens (tertiary/aromatic N) is 3. The van der Waals surface area contributed by atoms with Crippen LogP contribution in [0, 0.1) is 0 Å². The van der Waals surface area contributed by atoms with Gasteiger partial charge < -0.3 is 10.1 Å². The summed E-state index contributed by atoms with van der Waals surface area (Å²) in [5.41, 5.74) is 0.741. The monoisotopic (exact) mass is 276 g/mol. The summed E-state index contributed by atoms with van der Waals surface area (Å²) in [4.78, 5) is 19.9. The van der Waals surface area contributed by atoms with Gasteiger partial charge in [0.1, 0.15) is 12.3 Å². The van der Waals surface area contributed by atoms with Crippen LogP contribution < -0.4 is 5.69 Å². The van der Waals surface area contributed by atoms with Gasteiger partial charge in [-0.05, 0) is 24.0 Å². The second-order valence-electron chi connectivity index (χ2n) is 4.00. The molecule has 6 nitrogen and oxygen atoms in total. The number of benzene rings is 1. The van der Waals surface area contributed by atoms with Crippen LogP contribution in [0.5, 0.6) is 0 Å². The summed E-state index contributed by atoms with van der Waals surface area (Å²) in [6.07, 6.45) is 0. The Morgan fingerprint density at radius 1 is 1.47 bits per heavy atom. The summed E-state index contributed by atoms with van der Waals surface area (Å²) in [6.45, 7) is 1.84. The molecule has 3 aromatic rings. The highest BCUT2D eigenvalue weighted by molar-refractivity contribution is 7.99. The number of nitrogens with one attached hydrogen (secondary N) is 1. The number of aliphatic hydroxyl groups excluding tert-OH is 1. The van der Waals surface area contributed by atoms with Gasteiger partial charge in [0.05, 0.1) is 5.52 Å². The van der Waals surface area contributed by atoms with E-state index >= 15 is 0 Å². The molecule has 98 valence electrons. The minimum Gasteiger partial charge on any atom is -0.388 e. The molecule has 0 radical (unpaired) electrons. The van der Waals surface area contributed by atoms with Crippen LogP contribution in [0.1, 0.15) is 12.7 Å². The van der Waals surface area contributed by atoms with E-state index in [2.05, 4.69) is 22.0 Å². The summed E-state index contributed by atoms with van der Waals surface area (Å²) >= 11 is 1.72. The fourth-order valence-corrected chi connectivity index (χ4v) is 2.68. The van der Waals surface area contributed by atoms with Gasteiger partial charge >= 0.3 is 5.69 Å². The zero-order valence-electron chi connectivity index (χ0n) is 10.3. The molecule has 0 atom stereocenters. The number of aliphatic hydroxyl groups is 1. The summed E-state index contributed by atoms with van der Waals surface area (Å²) < 4.78 is 1.19. The van der Waals surface area contributed by atoms with Crippen molar-refractivity contribution in [3.05, 3.63) is 34.5 Å². The van der Waals surface area contributed by atoms with Gasteiger partial charge in [-0.2, -0.15) is 9.50 Å². The summed E-state index contributed by atoms with van der Waals surface area (Å²) in [6, 6.07) is 5.75. The standard InChI is InChI=1S/C12H12N4O2S/c1-2-19-7-3-4-9-8(5-7)11-14-10(6-17)15-16(11)12(18)13-9/h3-5,17H,2,6H2,1H3,(H,14,15). The number of hydrogen-bond donors (Lipinski definition) is 2. The minimum absolute atomic E-state index is 0.244. The molecule has 0 amide bonds. The van der Waals surface area contributed by atoms with Gasteiger partial charge in [-0.1, -0.05) is 6.92 Å². The predicted octanol–water partition coefficient (Wildman–Crippen LogP) is 1.18. The molecule has 0 saturated heterocycles. The van der Waals surface area contributed by atoms with E-state index < -0.39 is 5.69 Å². The molecule has 3 rings (SSSR count). The first-order chi connectivity index (χ1) is 9.22. The van der Waals surface area contributed by atoms with Crippen LogP contribution in [0.3, 0.4) is 0 Å². The normalized spacial score (nSPS) is 11.5. The predicted molar refractivity (Wildman–Crippen MR) is 73.4 cm³/mol. The highest BCUT2D eigenvalue weighted by atomic mass is 32.2. The van der Waals surface area contributed by atoms with Crippen molar-refractivity contribution in [1.29, 1.82) is 0 Å². The highest BCUT2D eigenvalue weighted by Crippen LogP contribution is 2.23. The third kappa shape index (κ3) is 2.00. The lowest BCUT2D eigenvalue weighted by Crippen LogP contribution is -2.17. The zero-order chi connectivity index (χ0) is 13.4. The second kappa shape index (κ2) is 4.67. The average molecular weight is 276 g/mol. The van der Waals surface area contributed by atoms with Crippen LogP contribution in [-0.4, -0.2) is 30.4 Å². The first-order valence-corrected chi connectivity index (χ1v) is 6.87. The number of aromatic nitrogens is 4. The Kier molecular flexibility index (Phi) is 3.00. The summed E-state index contributed by atoms with van der Waals surface area (Å²) in [7, 11) is 0. The number of hydrogen-bond acceptors (Lipinski definition) is 5. The van der Waals surface area contributed by atoms with E-state index in [-0.39, 0.29) is 6.61 Å². The van der Waals surface area contributed by atoms with E-state index in [9.17, 15) is 4.79 Å². The van der Waals surface area contributed by atoms with Crippen molar-refractivity contribution in [2.45, 2.75) is 18.4 Å². The topological polar surface area (TPSA) is 83.3 Å². The van der Waals surface area contributed by atoms with E-state index in [4.69, 9.17) is 5.11 Å². The number of rotatable bonds is 3. The molecule has 1 aromatic carbocycles. The van der Waals surface area contributed by atoms with Gasteiger partial charge in [-0.3, -0.25) is 0 Å². The van der Waals surface area contributed by atoms with Crippen molar-refractivity contribution in [3.63, 3.8) is 0 Å². The van der Waals surface area contributed by atoms with Crippen molar-refractivity contribution in [2.75, 3.05) is 5.75 Å². The van der Waals surface area contributed by atoms with Crippen LogP contribution in [0.15, 0.2) is 27.9 Å². The third-order valence-corrected chi connectivity index (χ3v) is 3.65. The van der Waals surface area contributed by atoms with Crippen LogP contribution >= 0.6 is 11.8 Å². The van der Waals surface area contributed by atoms with Gasteiger partial charge in [0.25, 0.3) is 0 Å². The molecule has 19 heavy (non-hydrogen) atoms. The Bertz CT molecular complexity index is 808. The molecule has 0 aliphatic carbocycles. The van der Waals surface area contributed by atoms with Gasteiger partial charge in [0, 0.05) is 10.3 Å². The van der Waals surface area contributed by atoms with Crippen LogP contribution in [0.25, 0.3) is 16.6 Å². The fraction of sp³-hybridized carbons (Fsp3) is 0.250. The molecule has 0 spiro atoms. The maximum atomic E-state index is 11.8. The van der Waals surface area contributed by atoms with Gasteiger partial charge in [0.15, 0.2) is 5.82 Å². The minimum atomic E-state index is -0.450. The van der Waals surface area contributed by atoms with E-state index in [1.165, 1.54) is 4.52 Å². The molecule has 2 aromatic heterocycles. The molecule has 0 aliphatic heterocycles. The lowest BCUT2D eigenvalue weighted by Gasteiger charge is -2.02. The average Bonchev–Trinajstić information content (AvgIpc) is 2.85. The Balaban J connectivity index is 2.37. The Labute approximate surface area is 112 Å². The van der Waals surface area contributed by atoms with Gasteiger partial charge in [-0.25, -0.2) is 4.79 Å². The molecule has 0 aliphatic rings. The molecule has 0 bridgehead atoms. The van der Waals surface area contributed by atoms with Crippen LogP contribution in [0.4, 0.5) is 0 Å². The number of H-pyrrole nitrogens is 1. The molecular formula is C12H12N4O2S. The lowest BCUT2D eigenvalue weighted by atomic mass is 10.2. The summed E-state index contributed by atoms with van der Waals surface area (Å²) in [5.74, 6) is 1.32. The first-order valence-electron chi connectivity index (χ1n) is 5.88. The number of aromatic amines is 1. The Hall–Kier alpha value is -1.86. The first kappa shape index (κ1) is 12.2. The number of thioether (sulfide) groups is 1. The fourth-order valence-electron chi connectivity index (χ4n) is 1.99. The van der Waals surface area contributed by atoms with Crippen molar-refractivity contribution in [1.82, 2.24) is 19.6 Å². The molecule has 2 heterocycles. The molecular weight excluding hydrogens is 264 g/mol. The largest absolute Gasteiger partial charge is 0.388 e. The third-order valence-electron chi connectivity index (χ3n) is 2.78. The van der Waals surface area contributed by atoms with Crippen molar-refractivity contribution in [2.24, 2.45) is 0 Å². The van der Waals surface area contributed by atoms with Crippen molar-refractivity contribution in [3.8, 4) is 0 Å². The van der Waals surface area contributed by atoms with E-state index in [1.807, 2.05) is 18.2 Å². The van der Waals surface area contributed by atoms with E-state index in [0.29, 0.717) is 17.0 Å². The van der Waals surface area contributed by atoms with E-state index in [0.717, 1.165) is 16.0 Å². The van der Waals surface area contributed by atoms with Gasteiger partial charge in [0.2, 0.25) is 0 Å². The molecule has 7 heteroatoms. The van der Waals surface area contributed by atoms with Gasteiger partial charge in [-0.15, -0.1) is 16.9 Å². The van der Waals surface area contributed by atoms with E-state index in [1.54, 1.807) is 11.8 Å². The molecule has 0 fully saturated rings. The highest BCUT2D eigenvalue weighted by Gasteiger charge is 2.10. The molecule has 0 saturated carbocycles. The smallest absolute Gasteiger partial charge is 0.370 e. The van der Waals surface area contributed by atoms with Crippen LogP contribution in [0.2, 0.25) is 0 Å².